The standard InChI is InChI=1S/C13H17NO2S/c1-14(8-13(15)16-2)7-10-9-17-12-6-4-3-5-11(10)12/h3-6,10H,7-9H2,1-2H3. The molecule has 3 nitrogen and oxygen atoms in total. The number of carbonyl (C=O) groups is 1. The van der Waals surface area contributed by atoms with Crippen LogP contribution in [0.1, 0.15) is 11.5 Å². The lowest BCUT2D eigenvalue weighted by Gasteiger charge is -2.19. The molecule has 92 valence electrons. The van der Waals surface area contributed by atoms with Crippen molar-refractivity contribution in [3.8, 4) is 0 Å². The van der Waals surface area contributed by atoms with Gasteiger partial charge in [0.1, 0.15) is 0 Å². The smallest absolute Gasteiger partial charge is 0.319 e. The molecule has 0 radical (unpaired) electrons. The van der Waals surface area contributed by atoms with E-state index in [1.807, 2.05) is 23.7 Å². The molecular weight excluding hydrogens is 234 g/mol. The largest absolute Gasteiger partial charge is 0.468 e. The topological polar surface area (TPSA) is 29.5 Å². The molecule has 1 aromatic carbocycles. The molecule has 0 N–H and O–H groups in total. The molecule has 0 spiro atoms. The summed E-state index contributed by atoms with van der Waals surface area (Å²) in [5.74, 6) is 1.45. The highest BCUT2D eigenvalue weighted by Crippen LogP contribution is 2.39. The predicted molar refractivity (Wildman–Crippen MR) is 69.4 cm³/mol. The Kier molecular flexibility index (Phi) is 4.07. The number of benzene rings is 1. The van der Waals surface area contributed by atoms with Crippen LogP contribution in [0.5, 0.6) is 0 Å². The van der Waals surface area contributed by atoms with Crippen LogP contribution >= 0.6 is 11.8 Å². The van der Waals surface area contributed by atoms with E-state index in [0.29, 0.717) is 12.5 Å². The van der Waals surface area contributed by atoms with E-state index < -0.39 is 0 Å². The van der Waals surface area contributed by atoms with Gasteiger partial charge in [-0.1, -0.05) is 18.2 Å². The minimum atomic E-state index is -0.175. The molecule has 1 aromatic rings. The normalized spacial score (nSPS) is 18.2. The lowest BCUT2D eigenvalue weighted by Crippen LogP contribution is -2.30. The van der Waals surface area contributed by atoms with Crippen molar-refractivity contribution in [1.82, 2.24) is 4.90 Å². The van der Waals surface area contributed by atoms with Crippen LogP contribution in [0.15, 0.2) is 29.2 Å². The van der Waals surface area contributed by atoms with Crippen LogP contribution in [0, 0.1) is 0 Å². The van der Waals surface area contributed by atoms with Crippen LogP contribution in [0.4, 0.5) is 0 Å². The lowest BCUT2D eigenvalue weighted by molar-refractivity contribution is -0.141. The van der Waals surface area contributed by atoms with Gasteiger partial charge in [0.2, 0.25) is 0 Å². The highest BCUT2D eigenvalue weighted by molar-refractivity contribution is 7.99. The molecule has 1 aliphatic rings. The van der Waals surface area contributed by atoms with E-state index in [1.54, 1.807) is 0 Å². The number of ether oxygens (including phenoxy) is 1. The molecule has 0 aromatic heterocycles. The number of hydrogen-bond donors (Lipinski definition) is 0. The molecule has 1 aliphatic heterocycles. The first-order chi connectivity index (χ1) is 8.20. The number of rotatable bonds is 4. The molecule has 17 heavy (non-hydrogen) atoms. The van der Waals surface area contributed by atoms with Gasteiger partial charge in [-0.25, -0.2) is 0 Å². The Hall–Kier alpha value is -1.00. The summed E-state index contributed by atoms with van der Waals surface area (Å²) in [5, 5.41) is 0. The predicted octanol–water partition coefficient (Wildman–Crippen LogP) is 1.98. The fraction of sp³-hybridized carbons (Fsp3) is 0.462. The van der Waals surface area contributed by atoms with Crippen molar-refractivity contribution >= 4 is 17.7 Å². The zero-order chi connectivity index (χ0) is 12.3. The van der Waals surface area contributed by atoms with E-state index >= 15 is 0 Å². The van der Waals surface area contributed by atoms with Crippen LogP contribution in [-0.4, -0.2) is 43.9 Å². The Balaban J connectivity index is 1.95. The summed E-state index contributed by atoms with van der Waals surface area (Å²) in [5.41, 5.74) is 1.41. The molecule has 2 rings (SSSR count). The highest BCUT2D eigenvalue weighted by atomic mass is 32.2. The van der Waals surface area contributed by atoms with Crippen LogP contribution in [0.3, 0.4) is 0 Å². The zero-order valence-corrected chi connectivity index (χ0v) is 11.0. The van der Waals surface area contributed by atoms with Crippen molar-refractivity contribution in [3.63, 3.8) is 0 Å². The second-order valence-electron chi connectivity index (χ2n) is 4.32. The van der Waals surface area contributed by atoms with E-state index in [4.69, 9.17) is 0 Å². The quantitative estimate of drug-likeness (QED) is 0.765. The van der Waals surface area contributed by atoms with Gasteiger partial charge in [-0.3, -0.25) is 9.69 Å². The summed E-state index contributed by atoms with van der Waals surface area (Å²) >= 11 is 1.90. The summed E-state index contributed by atoms with van der Waals surface area (Å²) in [7, 11) is 3.39. The minimum Gasteiger partial charge on any atom is -0.468 e. The van der Waals surface area contributed by atoms with Crippen LogP contribution in [0.2, 0.25) is 0 Å². The Morgan fingerprint density at radius 1 is 1.53 bits per heavy atom. The maximum atomic E-state index is 11.2. The Morgan fingerprint density at radius 3 is 3.06 bits per heavy atom. The number of nitrogens with zero attached hydrogens (tertiary/aromatic N) is 1. The summed E-state index contributed by atoms with van der Waals surface area (Å²) in [6, 6.07) is 8.51. The van der Waals surface area contributed by atoms with E-state index in [-0.39, 0.29) is 5.97 Å². The number of hydrogen-bond acceptors (Lipinski definition) is 4. The number of methoxy groups -OCH3 is 1. The first-order valence-corrected chi connectivity index (χ1v) is 6.66. The van der Waals surface area contributed by atoms with Crippen LogP contribution in [-0.2, 0) is 9.53 Å². The molecule has 0 saturated heterocycles. The van der Waals surface area contributed by atoms with Crippen molar-refractivity contribution in [2.24, 2.45) is 0 Å². The number of carbonyl (C=O) groups excluding carboxylic acids is 1. The van der Waals surface area contributed by atoms with Gasteiger partial charge < -0.3 is 4.74 Å². The SMILES string of the molecule is COC(=O)CN(C)CC1CSc2ccccc21. The summed E-state index contributed by atoms with van der Waals surface area (Å²) < 4.78 is 4.67. The molecule has 0 bridgehead atoms. The fourth-order valence-corrected chi connectivity index (χ4v) is 3.35. The number of fused-ring (bicyclic) bond motifs is 1. The summed E-state index contributed by atoms with van der Waals surface area (Å²) in [6.45, 7) is 1.26. The van der Waals surface area contributed by atoms with E-state index in [9.17, 15) is 4.79 Å². The summed E-state index contributed by atoms with van der Waals surface area (Å²) in [6.07, 6.45) is 0. The fourth-order valence-electron chi connectivity index (χ4n) is 2.11. The molecule has 1 unspecified atom stereocenters. The maximum absolute atomic E-state index is 11.2. The minimum absolute atomic E-state index is 0.175. The average molecular weight is 251 g/mol. The maximum Gasteiger partial charge on any atom is 0.319 e. The Bertz CT molecular complexity index is 408. The van der Waals surface area contributed by atoms with E-state index in [0.717, 1.165) is 12.3 Å². The van der Waals surface area contributed by atoms with Gasteiger partial charge in [0.05, 0.1) is 13.7 Å². The average Bonchev–Trinajstić information content (AvgIpc) is 2.72. The van der Waals surface area contributed by atoms with Gasteiger partial charge in [0.25, 0.3) is 0 Å². The molecule has 1 heterocycles. The third kappa shape index (κ3) is 3.01. The van der Waals surface area contributed by atoms with Gasteiger partial charge >= 0.3 is 5.97 Å². The molecule has 1 atom stereocenters. The van der Waals surface area contributed by atoms with Gasteiger partial charge in [0, 0.05) is 23.1 Å². The second kappa shape index (κ2) is 5.56. The number of esters is 1. The van der Waals surface area contributed by atoms with Crippen molar-refractivity contribution in [2.45, 2.75) is 10.8 Å². The zero-order valence-electron chi connectivity index (χ0n) is 10.2. The third-order valence-electron chi connectivity index (χ3n) is 2.96. The molecule has 4 heteroatoms. The van der Waals surface area contributed by atoms with Gasteiger partial charge in [-0.05, 0) is 18.7 Å². The first-order valence-electron chi connectivity index (χ1n) is 5.68. The van der Waals surface area contributed by atoms with Crippen molar-refractivity contribution in [3.05, 3.63) is 29.8 Å². The second-order valence-corrected chi connectivity index (χ2v) is 5.38. The lowest BCUT2D eigenvalue weighted by atomic mass is 10.0. The van der Waals surface area contributed by atoms with E-state index in [2.05, 4.69) is 29.0 Å². The van der Waals surface area contributed by atoms with Crippen LogP contribution < -0.4 is 0 Å². The first kappa shape index (κ1) is 12.5. The van der Waals surface area contributed by atoms with Gasteiger partial charge in [0.15, 0.2) is 0 Å². The van der Waals surface area contributed by atoms with Crippen molar-refractivity contribution < 1.29 is 9.53 Å². The van der Waals surface area contributed by atoms with Gasteiger partial charge in [-0.2, -0.15) is 0 Å². The molecule has 0 saturated carbocycles. The monoisotopic (exact) mass is 251 g/mol. The number of likely N-dealkylation sites (N-methyl/N-ethyl adjacent to an activating group) is 1. The van der Waals surface area contributed by atoms with Crippen LogP contribution in [0.25, 0.3) is 0 Å². The highest BCUT2D eigenvalue weighted by Gasteiger charge is 2.24. The molecule has 0 aliphatic carbocycles. The van der Waals surface area contributed by atoms with Crippen molar-refractivity contribution in [1.29, 1.82) is 0 Å². The third-order valence-corrected chi connectivity index (χ3v) is 4.21. The number of thioether (sulfide) groups is 1. The Morgan fingerprint density at radius 2 is 2.29 bits per heavy atom. The van der Waals surface area contributed by atoms with E-state index in [1.165, 1.54) is 17.6 Å². The molecular formula is C13H17NO2S. The van der Waals surface area contributed by atoms with Gasteiger partial charge in [-0.15, -0.1) is 11.8 Å². The molecule has 0 fully saturated rings. The Labute approximate surface area is 106 Å². The molecule has 0 amide bonds. The van der Waals surface area contributed by atoms with Crippen molar-refractivity contribution in [2.75, 3.05) is 33.0 Å². The summed E-state index contributed by atoms with van der Waals surface area (Å²) in [4.78, 5) is 14.6.